The third-order valence-electron chi connectivity index (χ3n) is 4.04. The van der Waals surface area contributed by atoms with Crippen molar-refractivity contribution in [3.63, 3.8) is 0 Å². The topological polar surface area (TPSA) is 99.0 Å². The molecule has 2 aliphatic rings. The number of amides is 2. The Morgan fingerprint density at radius 3 is 2.60 bits per heavy atom. The van der Waals surface area contributed by atoms with Crippen LogP contribution in [0.4, 0.5) is 5.69 Å². The molecule has 0 saturated heterocycles. The number of rotatable bonds is 3. The Bertz CT molecular complexity index is 958. The van der Waals surface area contributed by atoms with E-state index < -0.39 is 16.7 Å². The molecule has 2 amide bonds. The van der Waals surface area contributed by atoms with Crippen molar-refractivity contribution in [2.75, 3.05) is 6.79 Å². The summed E-state index contributed by atoms with van der Waals surface area (Å²) in [5, 5.41) is 11.1. The second kappa shape index (κ2) is 5.55. The van der Waals surface area contributed by atoms with E-state index in [1.54, 1.807) is 12.1 Å². The number of nitrogens with zero attached hydrogens (tertiary/aromatic N) is 2. The van der Waals surface area contributed by atoms with Gasteiger partial charge in [0.2, 0.25) is 6.79 Å². The fraction of sp³-hybridized carbons (Fsp3) is 0.125. The van der Waals surface area contributed by atoms with Gasteiger partial charge in [-0.2, -0.15) is 0 Å². The number of fused-ring (bicyclic) bond motifs is 2. The third kappa shape index (κ3) is 2.35. The number of benzene rings is 2. The first-order valence-corrected chi connectivity index (χ1v) is 7.98. The van der Waals surface area contributed by atoms with Crippen LogP contribution in [0, 0.1) is 10.1 Å². The second-order valence-corrected chi connectivity index (χ2v) is 6.30. The van der Waals surface area contributed by atoms with E-state index >= 15 is 0 Å². The predicted molar refractivity (Wildman–Crippen MR) is 87.6 cm³/mol. The van der Waals surface area contributed by atoms with Gasteiger partial charge in [-0.1, -0.05) is 22.0 Å². The lowest BCUT2D eigenvalue weighted by Crippen LogP contribution is -2.29. The number of hydrogen-bond acceptors (Lipinski definition) is 6. The number of imide groups is 1. The minimum absolute atomic E-state index is 0.0380. The molecule has 2 aromatic carbocycles. The van der Waals surface area contributed by atoms with Crippen molar-refractivity contribution in [2.45, 2.75) is 6.54 Å². The summed E-state index contributed by atoms with van der Waals surface area (Å²) in [4.78, 5) is 36.6. The van der Waals surface area contributed by atoms with Gasteiger partial charge in [0.1, 0.15) is 5.56 Å². The van der Waals surface area contributed by atoms with Crippen molar-refractivity contribution in [2.24, 2.45) is 0 Å². The molecule has 8 nitrogen and oxygen atoms in total. The molecule has 0 radical (unpaired) electrons. The number of hydrogen-bond donors (Lipinski definition) is 0. The number of carbonyl (C=O) groups excluding carboxylic acids is 2. The van der Waals surface area contributed by atoms with E-state index in [1.807, 2.05) is 0 Å². The molecular weight excluding hydrogens is 396 g/mol. The van der Waals surface area contributed by atoms with Gasteiger partial charge in [0.25, 0.3) is 17.5 Å². The standard InChI is InChI=1S/C16H9BrN2O6/c17-10-5-13-12(24-7-25-13)4-8(10)6-18-15(20)9-2-1-3-11(19(22)23)14(9)16(18)21/h1-5H,6-7H2. The first kappa shape index (κ1) is 15.6. The SMILES string of the molecule is O=C1c2cccc([N+](=O)[O-])c2C(=O)N1Cc1cc2c(cc1Br)OCO2. The van der Waals surface area contributed by atoms with E-state index in [2.05, 4.69) is 15.9 Å². The Labute approximate surface area is 149 Å². The summed E-state index contributed by atoms with van der Waals surface area (Å²) in [5.41, 5.74) is 0.120. The average molecular weight is 405 g/mol. The summed E-state index contributed by atoms with van der Waals surface area (Å²) in [6.07, 6.45) is 0. The molecule has 25 heavy (non-hydrogen) atoms. The highest BCUT2D eigenvalue weighted by molar-refractivity contribution is 9.10. The predicted octanol–water partition coefficient (Wildman–Crippen LogP) is 2.88. The summed E-state index contributed by atoms with van der Waals surface area (Å²) < 4.78 is 11.2. The molecule has 9 heteroatoms. The molecular formula is C16H9BrN2O6. The molecule has 0 fully saturated rings. The lowest BCUT2D eigenvalue weighted by molar-refractivity contribution is -0.385. The first-order valence-electron chi connectivity index (χ1n) is 7.19. The van der Waals surface area contributed by atoms with E-state index in [9.17, 15) is 19.7 Å². The van der Waals surface area contributed by atoms with Gasteiger partial charge in [0, 0.05) is 10.5 Å². The maximum Gasteiger partial charge on any atom is 0.282 e. The normalized spacial score (nSPS) is 14.8. The third-order valence-corrected chi connectivity index (χ3v) is 4.78. The van der Waals surface area contributed by atoms with Crippen molar-refractivity contribution in [1.29, 1.82) is 0 Å². The average Bonchev–Trinajstić information content (AvgIpc) is 3.13. The van der Waals surface area contributed by atoms with E-state index in [0.717, 1.165) is 4.90 Å². The van der Waals surface area contributed by atoms with Crippen LogP contribution in [-0.2, 0) is 6.54 Å². The van der Waals surface area contributed by atoms with Gasteiger partial charge in [-0.05, 0) is 23.8 Å². The number of ether oxygens (including phenoxy) is 2. The van der Waals surface area contributed by atoms with Crippen LogP contribution in [0.25, 0.3) is 0 Å². The highest BCUT2D eigenvalue weighted by Gasteiger charge is 2.41. The molecule has 0 saturated carbocycles. The van der Waals surface area contributed by atoms with E-state index in [1.165, 1.54) is 18.2 Å². The van der Waals surface area contributed by atoms with Gasteiger partial charge in [-0.15, -0.1) is 0 Å². The Morgan fingerprint density at radius 1 is 1.16 bits per heavy atom. The number of nitro benzene ring substituents is 1. The van der Waals surface area contributed by atoms with Crippen LogP contribution < -0.4 is 9.47 Å². The highest BCUT2D eigenvalue weighted by Crippen LogP contribution is 2.38. The summed E-state index contributed by atoms with van der Waals surface area (Å²) >= 11 is 3.38. The lowest BCUT2D eigenvalue weighted by Gasteiger charge is -2.15. The van der Waals surface area contributed by atoms with Crippen LogP contribution in [0.1, 0.15) is 26.3 Å². The van der Waals surface area contributed by atoms with Crippen molar-refractivity contribution in [3.05, 3.63) is 61.6 Å². The lowest BCUT2D eigenvalue weighted by atomic mass is 10.1. The molecule has 2 aliphatic heterocycles. The molecule has 2 aromatic rings. The van der Waals surface area contributed by atoms with Crippen molar-refractivity contribution in [3.8, 4) is 11.5 Å². The van der Waals surface area contributed by atoms with Gasteiger partial charge in [-0.3, -0.25) is 24.6 Å². The quantitative estimate of drug-likeness (QED) is 0.443. The van der Waals surface area contributed by atoms with Crippen molar-refractivity contribution >= 4 is 33.4 Å². The minimum atomic E-state index is -0.683. The smallest absolute Gasteiger partial charge is 0.282 e. The Kier molecular flexibility index (Phi) is 3.46. The molecule has 2 heterocycles. The minimum Gasteiger partial charge on any atom is -0.454 e. The molecule has 0 aromatic heterocycles. The fourth-order valence-corrected chi connectivity index (χ4v) is 3.31. The van der Waals surface area contributed by atoms with Gasteiger partial charge in [-0.25, -0.2) is 0 Å². The van der Waals surface area contributed by atoms with Gasteiger partial charge in [0.05, 0.1) is 17.0 Å². The molecule has 0 aliphatic carbocycles. The first-order chi connectivity index (χ1) is 12.0. The summed E-state index contributed by atoms with van der Waals surface area (Å²) in [7, 11) is 0. The number of carbonyl (C=O) groups is 2. The largest absolute Gasteiger partial charge is 0.454 e. The van der Waals surface area contributed by atoms with Gasteiger partial charge in [0.15, 0.2) is 11.5 Å². The Hall–Kier alpha value is -2.94. The second-order valence-electron chi connectivity index (χ2n) is 5.45. The molecule has 0 unspecified atom stereocenters. The fourth-order valence-electron chi connectivity index (χ4n) is 2.86. The summed E-state index contributed by atoms with van der Waals surface area (Å²) in [5.74, 6) is -0.167. The monoisotopic (exact) mass is 404 g/mol. The molecule has 0 atom stereocenters. The van der Waals surface area contributed by atoms with Crippen LogP contribution in [-0.4, -0.2) is 28.4 Å². The maximum atomic E-state index is 12.6. The van der Waals surface area contributed by atoms with Crippen LogP contribution in [0.5, 0.6) is 11.5 Å². The van der Waals surface area contributed by atoms with Crippen molar-refractivity contribution < 1.29 is 24.0 Å². The zero-order valence-corrected chi connectivity index (χ0v) is 14.1. The Balaban J connectivity index is 1.72. The molecule has 126 valence electrons. The van der Waals surface area contributed by atoms with E-state index in [0.29, 0.717) is 21.5 Å². The van der Waals surface area contributed by atoms with Crippen molar-refractivity contribution in [1.82, 2.24) is 4.90 Å². The maximum absolute atomic E-state index is 12.6. The summed E-state index contributed by atoms with van der Waals surface area (Å²) in [6, 6.07) is 7.38. The number of nitro groups is 1. The van der Waals surface area contributed by atoms with Crippen LogP contribution in [0.15, 0.2) is 34.8 Å². The molecule has 0 N–H and O–H groups in total. The van der Waals surface area contributed by atoms with E-state index in [-0.39, 0.29) is 30.2 Å². The van der Waals surface area contributed by atoms with Crippen LogP contribution in [0.2, 0.25) is 0 Å². The molecule has 4 rings (SSSR count). The zero-order chi connectivity index (χ0) is 17.7. The highest BCUT2D eigenvalue weighted by atomic mass is 79.9. The molecule has 0 bridgehead atoms. The van der Waals surface area contributed by atoms with Crippen LogP contribution >= 0.6 is 15.9 Å². The van der Waals surface area contributed by atoms with Gasteiger partial charge < -0.3 is 9.47 Å². The van der Waals surface area contributed by atoms with Crippen LogP contribution in [0.3, 0.4) is 0 Å². The molecule has 0 spiro atoms. The number of halogens is 1. The van der Waals surface area contributed by atoms with E-state index in [4.69, 9.17) is 9.47 Å². The van der Waals surface area contributed by atoms with Gasteiger partial charge >= 0.3 is 0 Å². The zero-order valence-electron chi connectivity index (χ0n) is 12.5. The Morgan fingerprint density at radius 2 is 1.88 bits per heavy atom. The summed E-state index contributed by atoms with van der Waals surface area (Å²) in [6.45, 7) is 0.0607.